The number of aliphatic hydroxyl groups excluding tert-OH is 1. The first-order chi connectivity index (χ1) is 16.4. The number of para-hydroxylation sites is 1. The molecular formula is C26H21N3O4S. The van der Waals surface area contributed by atoms with E-state index < -0.39 is 17.7 Å². The van der Waals surface area contributed by atoms with Crippen molar-refractivity contribution in [3.05, 3.63) is 88.8 Å². The van der Waals surface area contributed by atoms with Crippen LogP contribution in [0.5, 0.6) is 5.75 Å². The van der Waals surface area contributed by atoms with Gasteiger partial charge in [-0.3, -0.25) is 19.5 Å². The van der Waals surface area contributed by atoms with E-state index in [0.717, 1.165) is 21.3 Å². The molecule has 0 bridgehead atoms. The molecule has 1 fully saturated rings. The van der Waals surface area contributed by atoms with E-state index in [1.54, 1.807) is 30.6 Å². The molecule has 3 heterocycles. The highest BCUT2D eigenvalue weighted by atomic mass is 32.1. The van der Waals surface area contributed by atoms with Crippen molar-refractivity contribution >= 4 is 44.1 Å². The number of amides is 1. The van der Waals surface area contributed by atoms with Crippen molar-refractivity contribution < 1.29 is 19.4 Å². The maximum atomic E-state index is 13.4. The molecule has 1 aliphatic rings. The molecule has 1 saturated heterocycles. The number of benzene rings is 2. The molecule has 0 saturated carbocycles. The Morgan fingerprint density at radius 1 is 1.12 bits per heavy atom. The van der Waals surface area contributed by atoms with Gasteiger partial charge in [0.15, 0.2) is 5.13 Å². The Bertz CT molecular complexity index is 1440. The van der Waals surface area contributed by atoms with Crippen LogP contribution in [0.1, 0.15) is 28.3 Å². The Balaban J connectivity index is 1.77. The van der Waals surface area contributed by atoms with Crippen molar-refractivity contribution in [2.75, 3.05) is 12.0 Å². The lowest BCUT2D eigenvalue weighted by atomic mass is 9.94. The normalized spacial score (nSPS) is 17.5. The van der Waals surface area contributed by atoms with E-state index in [1.807, 2.05) is 44.2 Å². The van der Waals surface area contributed by atoms with E-state index in [4.69, 9.17) is 4.74 Å². The summed E-state index contributed by atoms with van der Waals surface area (Å²) in [5.41, 5.74) is 3.34. The number of aromatic nitrogens is 2. The number of rotatable bonds is 4. The predicted octanol–water partition coefficient (Wildman–Crippen LogP) is 4.94. The Morgan fingerprint density at radius 3 is 2.62 bits per heavy atom. The van der Waals surface area contributed by atoms with Gasteiger partial charge in [0.1, 0.15) is 11.5 Å². The third-order valence-corrected chi connectivity index (χ3v) is 6.85. The summed E-state index contributed by atoms with van der Waals surface area (Å²) in [5, 5.41) is 11.8. The first-order valence-electron chi connectivity index (χ1n) is 10.6. The number of nitrogens with zero attached hydrogens (tertiary/aromatic N) is 3. The highest BCUT2D eigenvalue weighted by molar-refractivity contribution is 7.22. The maximum Gasteiger partial charge on any atom is 0.301 e. The zero-order chi connectivity index (χ0) is 24.0. The second-order valence-electron chi connectivity index (χ2n) is 8.08. The average Bonchev–Trinajstić information content (AvgIpc) is 3.37. The second-order valence-corrected chi connectivity index (χ2v) is 9.09. The number of Topliss-reactive ketones (excluding diaryl/α,β-unsaturated/α-hetero) is 1. The van der Waals surface area contributed by atoms with Crippen LogP contribution in [0.15, 0.2) is 66.5 Å². The number of hydrogen-bond donors (Lipinski definition) is 1. The number of aliphatic hydroxyl groups is 1. The molecule has 1 N–H and O–H groups in total. The monoisotopic (exact) mass is 471 g/mol. The molecule has 1 unspecified atom stereocenters. The standard InChI is InChI=1S/C26H21N3O4S/c1-14-11-15(2)24(33-3)17(12-14)22(30)20-21(16-7-6-10-27-13-16)29(25(32)23(20)31)26-28-18-8-4-5-9-19(18)34-26/h4-13,21,30H,1-3H3/b22-20+. The summed E-state index contributed by atoms with van der Waals surface area (Å²) in [6.07, 6.45) is 3.20. The average molecular weight is 472 g/mol. The fraction of sp³-hybridized carbons (Fsp3) is 0.154. The summed E-state index contributed by atoms with van der Waals surface area (Å²) >= 11 is 1.31. The first kappa shape index (κ1) is 21.8. The van der Waals surface area contributed by atoms with Crippen LogP contribution in [-0.4, -0.2) is 33.9 Å². The molecule has 5 rings (SSSR count). The summed E-state index contributed by atoms with van der Waals surface area (Å²) in [6, 6.07) is 13.8. The summed E-state index contributed by atoms with van der Waals surface area (Å²) in [4.78, 5) is 36.9. The van der Waals surface area contributed by atoms with Gasteiger partial charge in [-0.25, -0.2) is 4.98 Å². The molecule has 4 aromatic rings. The van der Waals surface area contributed by atoms with Gasteiger partial charge in [0, 0.05) is 12.4 Å². The zero-order valence-corrected chi connectivity index (χ0v) is 19.6. The van der Waals surface area contributed by atoms with Crippen LogP contribution in [0, 0.1) is 13.8 Å². The molecule has 1 amide bonds. The van der Waals surface area contributed by atoms with Crippen LogP contribution < -0.4 is 9.64 Å². The van der Waals surface area contributed by atoms with Gasteiger partial charge in [0.05, 0.1) is 34.5 Å². The molecule has 1 aliphatic heterocycles. The highest BCUT2D eigenvalue weighted by Crippen LogP contribution is 2.45. The van der Waals surface area contributed by atoms with E-state index in [0.29, 0.717) is 22.0 Å². The van der Waals surface area contributed by atoms with Crippen molar-refractivity contribution in [3.8, 4) is 5.75 Å². The molecule has 2 aromatic carbocycles. The van der Waals surface area contributed by atoms with Gasteiger partial charge in [-0.1, -0.05) is 35.6 Å². The van der Waals surface area contributed by atoms with Crippen molar-refractivity contribution in [2.24, 2.45) is 0 Å². The Kier molecular flexibility index (Phi) is 5.37. The number of pyridine rings is 1. The van der Waals surface area contributed by atoms with E-state index in [1.165, 1.54) is 23.3 Å². The number of carbonyl (C=O) groups excluding carboxylic acids is 2. The Morgan fingerprint density at radius 2 is 1.91 bits per heavy atom. The predicted molar refractivity (Wildman–Crippen MR) is 131 cm³/mol. The Hall–Kier alpha value is -4.04. The van der Waals surface area contributed by atoms with Gasteiger partial charge in [-0.2, -0.15) is 0 Å². The third-order valence-electron chi connectivity index (χ3n) is 5.81. The topological polar surface area (TPSA) is 92.6 Å². The van der Waals surface area contributed by atoms with Gasteiger partial charge in [0.2, 0.25) is 0 Å². The maximum absolute atomic E-state index is 13.4. The highest BCUT2D eigenvalue weighted by Gasteiger charge is 2.48. The van der Waals surface area contributed by atoms with Gasteiger partial charge in [-0.15, -0.1) is 0 Å². The number of carbonyl (C=O) groups is 2. The molecule has 2 aromatic heterocycles. The molecule has 0 radical (unpaired) electrons. The van der Waals surface area contributed by atoms with Crippen molar-refractivity contribution in [3.63, 3.8) is 0 Å². The largest absolute Gasteiger partial charge is 0.507 e. The van der Waals surface area contributed by atoms with Crippen LogP contribution in [0.3, 0.4) is 0 Å². The van der Waals surface area contributed by atoms with Crippen LogP contribution in [0.4, 0.5) is 5.13 Å². The second kappa shape index (κ2) is 8.39. The molecule has 170 valence electrons. The van der Waals surface area contributed by atoms with Crippen LogP contribution in [0.25, 0.3) is 16.0 Å². The van der Waals surface area contributed by atoms with Crippen molar-refractivity contribution in [1.29, 1.82) is 0 Å². The lowest BCUT2D eigenvalue weighted by Gasteiger charge is -2.23. The lowest BCUT2D eigenvalue weighted by Crippen LogP contribution is -2.29. The van der Waals surface area contributed by atoms with Crippen molar-refractivity contribution in [1.82, 2.24) is 9.97 Å². The molecule has 8 heteroatoms. The molecule has 0 spiro atoms. The number of ether oxygens (including phenoxy) is 1. The van der Waals surface area contributed by atoms with Gasteiger partial charge < -0.3 is 9.84 Å². The fourth-order valence-corrected chi connectivity index (χ4v) is 5.38. The quantitative estimate of drug-likeness (QED) is 0.257. The number of ketones is 1. The number of anilines is 1. The van der Waals surface area contributed by atoms with E-state index >= 15 is 0 Å². The number of aryl methyl sites for hydroxylation is 2. The summed E-state index contributed by atoms with van der Waals surface area (Å²) < 4.78 is 6.43. The molecular weight excluding hydrogens is 450 g/mol. The minimum absolute atomic E-state index is 0.0273. The van der Waals surface area contributed by atoms with Gasteiger partial charge in [-0.05, 0) is 54.8 Å². The number of hydrogen-bond acceptors (Lipinski definition) is 7. The van der Waals surface area contributed by atoms with E-state index in [-0.39, 0.29) is 11.3 Å². The SMILES string of the molecule is COc1c(C)cc(C)cc1/C(O)=C1\C(=O)C(=O)N(c2nc3ccccc3s2)C1c1cccnc1. The van der Waals surface area contributed by atoms with Crippen LogP contribution in [-0.2, 0) is 9.59 Å². The molecule has 1 atom stereocenters. The lowest BCUT2D eigenvalue weighted by molar-refractivity contribution is -0.132. The smallest absolute Gasteiger partial charge is 0.301 e. The molecule has 0 aliphatic carbocycles. The Labute approximate surface area is 200 Å². The molecule has 7 nitrogen and oxygen atoms in total. The first-order valence-corrected chi connectivity index (χ1v) is 11.4. The van der Waals surface area contributed by atoms with E-state index in [9.17, 15) is 14.7 Å². The minimum atomic E-state index is -0.889. The zero-order valence-electron chi connectivity index (χ0n) is 18.8. The van der Waals surface area contributed by atoms with Gasteiger partial charge >= 0.3 is 5.91 Å². The molecule has 34 heavy (non-hydrogen) atoms. The number of thiazole rings is 1. The van der Waals surface area contributed by atoms with Crippen molar-refractivity contribution in [2.45, 2.75) is 19.9 Å². The third kappa shape index (κ3) is 3.43. The minimum Gasteiger partial charge on any atom is -0.507 e. The van der Waals surface area contributed by atoms with Crippen LogP contribution >= 0.6 is 11.3 Å². The summed E-state index contributed by atoms with van der Waals surface area (Å²) in [6.45, 7) is 3.75. The van der Waals surface area contributed by atoms with Crippen LogP contribution in [0.2, 0.25) is 0 Å². The summed E-state index contributed by atoms with van der Waals surface area (Å²) in [7, 11) is 1.51. The number of methoxy groups -OCH3 is 1. The van der Waals surface area contributed by atoms with E-state index in [2.05, 4.69) is 9.97 Å². The van der Waals surface area contributed by atoms with Gasteiger partial charge in [0.25, 0.3) is 5.78 Å². The fourth-order valence-electron chi connectivity index (χ4n) is 4.39. The summed E-state index contributed by atoms with van der Waals surface area (Å²) in [5.74, 6) is -1.39. The number of fused-ring (bicyclic) bond motifs is 1.